The molecule has 1 amide bonds. The van der Waals surface area contributed by atoms with E-state index >= 15 is 0 Å². The van der Waals surface area contributed by atoms with Gasteiger partial charge in [0.2, 0.25) is 5.91 Å². The lowest BCUT2D eigenvalue weighted by atomic mass is 10.2. The summed E-state index contributed by atoms with van der Waals surface area (Å²) >= 11 is 0. The quantitative estimate of drug-likeness (QED) is 0.411. The van der Waals surface area contributed by atoms with E-state index in [0.717, 1.165) is 6.42 Å². The van der Waals surface area contributed by atoms with Crippen LogP contribution in [0.2, 0.25) is 0 Å². The van der Waals surface area contributed by atoms with Crippen LogP contribution in [0.3, 0.4) is 0 Å². The van der Waals surface area contributed by atoms with Crippen LogP contribution >= 0.6 is 0 Å². The number of nitrogens with zero attached hydrogens (tertiary/aromatic N) is 1. The van der Waals surface area contributed by atoms with Gasteiger partial charge >= 0.3 is 5.97 Å². The highest BCUT2D eigenvalue weighted by Gasteiger charge is 2.33. The van der Waals surface area contributed by atoms with Crippen LogP contribution in [-0.2, 0) is 14.3 Å². The van der Waals surface area contributed by atoms with E-state index in [1.54, 1.807) is 17.1 Å². The standard InChI is InChI=1S/C12H17NO3/c1-3-4-5-8-11(14)13-9-6-7-10(13)12(15)16-2/h3-5,8,10H,6-7,9H2,1-2H3/b4-3+,8-5+. The minimum atomic E-state index is -0.409. The summed E-state index contributed by atoms with van der Waals surface area (Å²) < 4.78 is 4.67. The smallest absolute Gasteiger partial charge is 0.328 e. The van der Waals surface area contributed by atoms with Crippen molar-refractivity contribution in [3.8, 4) is 0 Å². The Bertz CT molecular complexity index is 320. The third-order valence-corrected chi connectivity index (χ3v) is 2.55. The Labute approximate surface area is 95.6 Å². The minimum absolute atomic E-state index is 0.133. The van der Waals surface area contributed by atoms with Gasteiger partial charge in [0.15, 0.2) is 0 Å². The molecule has 0 aromatic carbocycles. The molecule has 0 aromatic rings. The first-order valence-corrected chi connectivity index (χ1v) is 5.38. The zero-order valence-electron chi connectivity index (χ0n) is 9.68. The van der Waals surface area contributed by atoms with Crippen molar-refractivity contribution in [2.75, 3.05) is 13.7 Å². The van der Waals surface area contributed by atoms with Gasteiger partial charge in [-0.05, 0) is 19.8 Å². The van der Waals surface area contributed by atoms with Crippen LogP contribution in [0, 0.1) is 0 Å². The van der Waals surface area contributed by atoms with Gasteiger partial charge in [-0.25, -0.2) is 4.79 Å². The second-order valence-electron chi connectivity index (χ2n) is 3.60. The fourth-order valence-corrected chi connectivity index (χ4v) is 1.76. The summed E-state index contributed by atoms with van der Waals surface area (Å²) in [5, 5.41) is 0. The van der Waals surface area contributed by atoms with Gasteiger partial charge in [-0.1, -0.05) is 18.2 Å². The van der Waals surface area contributed by atoms with Crippen molar-refractivity contribution in [1.29, 1.82) is 0 Å². The normalized spacial score (nSPS) is 20.9. The number of ether oxygens (including phenoxy) is 1. The molecule has 1 saturated heterocycles. The van der Waals surface area contributed by atoms with Crippen LogP contribution < -0.4 is 0 Å². The van der Waals surface area contributed by atoms with E-state index in [-0.39, 0.29) is 11.9 Å². The Morgan fingerprint density at radius 2 is 2.12 bits per heavy atom. The van der Waals surface area contributed by atoms with Crippen LogP contribution in [0.1, 0.15) is 19.8 Å². The second-order valence-corrected chi connectivity index (χ2v) is 3.60. The largest absolute Gasteiger partial charge is 0.467 e. The Hall–Kier alpha value is -1.58. The maximum absolute atomic E-state index is 11.7. The van der Waals surface area contributed by atoms with Crippen LogP contribution in [0.5, 0.6) is 0 Å². The number of allylic oxidation sites excluding steroid dienone is 3. The molecular formula is C12H17NO3. The van der Waals surface area contributed by atoms with E-state index in [9.17, 15) is 9.59 Å². The van der Waals surface area contributed by atoms with Gasteiger partial charge in [-0.2, -0.15) is 0 Å². The van der Waals surface area contributed by atoms with Crippen molar-refractivity contribution in [1.82, 2.24) is 4.90 Å². The molecule has 0 radical (unpaired) electrons. The fourth-order valence-electron chi connectivity index (χ4n) is 1.76. The fraction of sp³-hybridized carbons (Fsp3) is 0.500. The van der Waals surface area contributed by atoms with Crippen molar-refractivity contribution in [3.63, 3.8) is 0 Å². The van der Waals surface area contributed by atoms with E-state index in [1.807, 2.05) is 13.0 Å². The first-order valence-electron chi connectivity index (χ1n) is 5.38. The van der Waals surface area contributed by atoms with Gasteiger partial charge < -0.3 is 9.64 Å². The summed E-state index contributed by atoms with van der Waals surface area (Å²) in [6, 6.07) is -0.409. The summed E-state index contributed by atoms with van der Waals surface area (Å²) in [5.41, 5.74) is 0. The predicted octanol–water partition coefficient (Wildman–Crippen LogP) is 1.28. The molecule has 1 aliphatic heterocycles. The molecule has 1 atom stereocenters. The van der Waals surface area contributed by atoms with Gasteiger partial charge in [-0.3, -0.25) is 4.79 Å². The van der Waals surface area contributed by atoms with Crippen molar-refractivity contribution >= 4 is 11.9 Å². The maximum atomic E-state index is 11.7. The number of hydrogen-bond donors (Lipinski definition) is 0. The Morgan fingerprint density at radius 3 is 2.75 bits per heavy atom. The van der Waals surface area contributed by atoms with Crippen molar-refractivity contribution in [3.05, 3.63) is 24.3 Å². The Kier molecular flexibility index (Phi) is 4.76. The average molecular weight is 223 g/mol. The number of likely N-dealkylation sites (tertiary alicyclic amines) is 1. The summed E-state index contributed by atoms with van der Waals surface area (Å²) in [4.78, 5) is 24.7. The topological polar surface area (TPSA) is 46.6 Å². The number of esters is 1. The molecule has 1 rings (SSSR count). The van der Waals surface area contributed by atoms with Crippen LogP contribution in [0.25, 0.3) is 0 Å². The van der Waals surface area contributed by atoms with Crippen molar-refractivity contribution in [2.45, 2.75) is 25.8 Å². The van der Waals surface area contributed by atoms with Crippen LogP contribution in [0.4, 0.5) is 0 Å². The highest BCUT2D eigenvalue weighted by atomic mass is 16.5. The Balaban J connectivity index is 2.64. The third kappa shape index (κ3) is 2.95. The molecule has 1 unspecified atom stereocenters. The first-order chi connectivity index (χ1) is 7.70. The monoisotopic (exact) mass is 223 g/mol. The maximum Gasteiger partial charge on any atom is 0.328 e. The van der Waals surface area contributed by atoms with E-state index in [4.69, 9.17) is 0 Å². The molecule has 0 bridgehead atoms. The number of methoxy groups -OCH3 is 1. The highest BCUT2D eigenvalue weighted by molar-refractivity contribution is 5.92. The minimum Gasteiger partial charge on any atom is -0.467 e. The molecule has 4 nitrogen and oxygen atoms in total. The average Bonchev–Trinajstić information content (AvgIpc) is 2.77. The van der Waals surface area contributed by atoms with Crippen LogP contribution in [0.15, 0.2) is 24.3 Å². The third-order valence-electron chi connectivity index (χ3n) is 2.55. The lowest BCUT2D eigenvalue weighted by molar-refractivity contribution is -0.149. The summed E-state index contributed by atoms with van der Waals surface area (Å²) in [6.07, 6.45) is 8.31. The molecule has 16 heavy (non-hydrogen) atoms. The molecule has 0 aliphatic carbocycles. The molecule has 4 heteroatoms. The number of rotatable bonds is 3. The van der Waals surface area contributed by atoms with Gasteiger partial charge in [-0.15, -0.1) is 0 Å². The van der Waals surface area contributed by atoms with E-state index in [2.05, 4.69) is 4.74 Å². The lowest BCUT2D eigenvalue weighted by Crippen LogP contribution is -2.40. The number of hydrogen-bond acceptors (Lipinski definition) is 3. The second kappa shape index (κ2) is 6.10. The number of carbonyl (C=O) groups is 2. The highest BCUT2D eigenvalue weighted by Crippen LogP contribution is 2.18. The molecule has 1 aliphatic rings. The van der Waals surface area contributed by atoms with Gasteiger partial charge in [0.05, 0.1) is 7.11 Å². The molecule has 88 valence electrons. The molecule has 0 aromatic heterocycles. The van der Waals surface area contributed by atoms with E-state index in [0.29, 0.717) is 13.0 Å². The molecule has 1 fully saturated rings. The predicted molar refractivity (Wildman–Crippen MR) is 60.7 cm³/mol. The molecule has 0 spiro atoms. The van der Waals surface area contributed by atoms with E-state index < -0.39 is 6.04 Å². The number of amides is 1. The number of carbonyl (C=O) groups excluding carboxylic acids is 2. The Morgan fingerprint density at radius 1 is 1.38 bits per heavy atom. The molecular weight excluding hydrogens is 206 g/mol. The van der Waals surface area contributed by atoms with Gasteiger partial charge in [0.25, 0.3) is 0 Å². The molecule has 0 saturated carbocycles. The first kappa shape index (κ1) is 12.5. The van der Waals surface area contributed by atoms with Gasteiger partial charge in [0, 0.05) is 12.6 Å². The summed E-state index contributed by atoms with van der Waals surface area (Å²) in [7, 11) is 1.35. The van der Waals surface area contributed by atoms with Gasteiger partial charge in [0.1, 0.15) is 6.04 Å². The zero-order valence-corrected chi connectivity index (χ0v) is 9.68. The lowest BCUT2D eigenvalue weighted by Gasteiger charge is -2.20. The molecule has 0 N–H and O–H groups in total. The zero-order chi connectivity index (χ0) is 12.0. The summed E-state index contributed by atoms with van der Waals surface area (Å²) in [5.74, 6) is -0.462. The van der Waals surface area contributed by atoms with E-state index in [1.165, 1.54) is 13.2 Å². The van der Waals surface area contributed by atoms with Crippen molar-refractivity contribution in [2.24, 2.45) is 0 Å². The van der Waals surface area contributed by atoms with Crippen molar-refractivity contribution < 1.29 is 14.3 Å². The van der Waals surface area contributed by atoms with Crippen LogP contribution in [-0.4, -0.2) is 36.5 Å². The summed E-state index contributed by atoms with van der Waals surface area (Å²) in [6.45, 7) is 2.50. The SMILES string of the molecule is C/C=C/C=C/C(=O)N1CCCC1C(=O)OC. The molecule has 1 heterocycles.